The molecule has 1 atom stereocenters. The number of fused-ring (bicyclic) bond motifs is 1. The van der Waals surface area contributed by atoms with E-state index in [2.05, 4.69) is 15.0 Å². The van der Waals surface area contributed by atoms with E-state index in [9.17, 15) is 4.21 Å². The maximum absolute atomic E-state index is 12.7. The van der Waals surface area contributed by atoms with Crippen molar-refractivity contribution in [2.75, 3.05) is 14.2 Å². The zero-order valence-electron chi connectivity index (χ0n) is 16.0. The first kappa shape index (κ1) is 20.5. The van der Waals surface area contributed by atoms with Gasteiger partial charge in [0, 0.05) is 23.4 Å². The van der Waals surface area contributed by atoms with E-state index in [4.69, 9.17) is 9.47 Å². The second-order valence-corrected chi connectivity index (χ2v) is 6.83. The Bertz CT molecular complexity index is 933. The molecule has 0 saturated carbocycles. The fourth-order valence-corrected chi connectivity index (χ4v) is 3.71. The first-order chi connectivity index (χ1) is 11.5. The van der Waals surface area contributed by atoms with Gasteiger partial charge in [0.15, 0.2) is 5.16 Å². The summed E-state index contributed by atoms with van der Waals surface area (Å²) >= 11 is 0. The Kier molecular flexibility index (Phi) is 7.18. The standard InChI is InChI=1S/C17H19N3O3S.K.H/c1-10-8-18-15(11(2)16(10)23-4)9-24(21)17-19-13-6-5-12(22-3)7-14(13)20-17;;/h5-8H,9H2,1-4H3,(H,19,20);;/q;+1;-1/t24-;;/m1../s1. The predicted molar refractivity (Wildman–Crippen MR) is 94.1 cm³/mol. The molecule has 0 saturated heterocycles. The van der Waals surface area contributed by atoms with E-state index in [1.165, 1.54) is 0 Å². The number of imidazole rings is 1. The van der Waals surface area contributed by atoms with Crippen LogP contribution in [0, 0.1) is 13.8 Å². The van der Waals surface area contributed by atoms with Gasteiger partial charge in [0.1, 0.15) is 11.5 Å². The van der Waals surface area contributed by atoms with Crippen molar-refractivity contribution in [3.63, 3.8) is 0 Å². The molecule has 1 N–H and O–H groups in total. The molecule has 0 radical (unpaired) electrons. The number of nitrogens with zero attached hydrogens (tertiary/aromatic N) is 2. The van der Waals surface area contributed by atoms with Crippen molar-refractivity contribution in [2.45, 2.75) is 24.8 Å². The van der Waals surface area contributed by atoms with Crippen molar-refractivity contribution in [3.05, 3.63) is 41.2 Å². The molecule has 0 fully saturated rings. The molecule has 25 heavy (non-hydrogen) atoms. The van der Waals surface area contributed by atoms with Gasteiger partial charge in [-0.05, 0) is 26.0 Å². The Morgan fingerprint density at radius 3 is 2.68 bits per heavy atom. The summed E-state index contributed by atoms with van der Waals surface area (Å²) in [5, 5.41) is 0.430. The fraction of sp³-hybridized carbons (Fsp3) is 0.294. The third kappa shape index (κ3) is 4.32. The molecular formula is C17H20KN3O3S. The van der Waals surface area contributed by atoms with Gasteiger partial charge in [0.2, 0.25) is 0 Å². The molecule has 0 unspecified atom stereocenters. The summed E-state index contributed by atoms with van der Waals surface area (Å²) in [7, 11) is 1.91. The summed E-state index contributed by atoms with van der Waals surface area (Å²) in [6.07, 6.45) is 1.74. The van der Waals surface area contributed by atoms with Crippen LogP contribution in [0.1, 0.15) is 18.2 Å². The topological polar surface area (TPSA) is 77.1 Å². The van der Waals surface area contributed by atoms with Crippen molar-refractivity contribution < 1.29 is 66.5 Å². The van der Waals surface area contributed by atoms with E-state index < -0.39 is 10.8 Å². The first-order valence-corrected chi connectivity index (χ1v) is 8.76. The van der Waals surface area contributed by atoms with Crippen molar-refractivity contribution >= 4 is 21.8 Å². The number of aryl methyl sites for hydroxylation is 1. The van der Waals surface area contributed by atoms with Crippen molar-refractivity contribution in [1.82, 2.24) is 15.0 Å². The van der Waals surface area contributed by atoms with Gasteiger partial charge in [-0.1, -0.05) is 0 Å². The van der Waals surface area contributed by atoms with Gasteiger partial charge in [0.25, 0.3) is 0 Å². The number of rotatable bonds is 5. The number of ether oxygens (including phenoxy) is 2. The average molecular weight is 386 g/mol. The minimum atomic E-state index is -1.33. The maximum Gasteiger partial charge on any atom is 1.00 e. The smallest absolute Gasteiger partial charge is 1.00 e. The molecule has 6 nitrogen and oxygen atoms in total. The Morgan fingerprint density at radius 2 is 2.00 bits per heavy atom. The molecule has 2 aromatic heterocycles. The number of benzene rings is 1. The Hall–Kier alpha value is -0.774. The first-order valence-electron chi connectivity index (χ1n) is 7.44. The number of aromatic nitrogens is 3. The molecule has 3 rings (SSSR count). The summed E-state index contributed by atoms with van der Waals surface area (Å²) in [5.41, 5.74) is 4.16. The van der Waals surface area contributed by atoms with Gasteiger partial charge < -0.3 is 15.9 Å². The van der Waals surface area contributed by atoms with Gasteiger partial charge in [0.05, 0.1) is 47.5 Å². The Labute approximate surface area is 193 Å². The summed E-state index contributed by atoms with van der Waals surface area (Å²) in [6, 6.07) is 5.50. The summed E-state index contributed by atoms with van der Waals surface area (Å²) in [4.78, 5) is 11.9. The molecule has 128 valence electrons. The molecule has 2 heterocycles. The minimum absolute atomic E-state index is 0. The maximum atomic E-state index is 12.7. The SMILES string of the molecule is COc1ccc2nc([S@](=O)Cc3ncc(C)c(OC)c3C)[nH]c2c1.[H-].[K+]. The molecular weight excluding hydrogens is 365 g/mol. The monoisotopic (exact) mass is 385 g/mol. The van der Waals surface area contributed by atoms with Crippen molar-refractivity contribution in [3.8, 4) is 11.5 Å². The molecule has 0 aliphatic heterocycles. The average Bonchev–Trinajstić information content (AvgIpc) is 3.01. The van der Waals surface area contributed by atoms with E-state index in [0.717, 1.165) is 39.4 Å². The largest absolute Gasteiger partial charge is 1.00 e. The zero-order valence-corrected chi connectivity index (χ0v) is 19.0. The Morgan fingerprint density at radius 1 is 1.24 bits per heavy atom. The number of nitrogens with one attached hydrogen (secondary N) is 1. The van der Waals surface area contributed by atoms with Crippen LogP contribution in [0.2, 0.25) is 0 Å². The molecule has 3 aromatic rings. The van der Waals surface area contributed by atoms with Crippen LogP contribution in [0.3, 0.4) is 0 Å². The zero-order chi connectivity index (χ0) is 17.3. The number of hydrogen-bond acceptors (Lipinski definition) is 5. The molecule has 8 heteroatoms. The Balaban J connectivity index is 0.00000169. The molecule has 0 amide bonds. The van der Waals surface area contributed by atoms with E-state index in [1.807, 2.05) is 32.0 Å². The van der Waals surface area contributed by atoms with E-state index in [0.29, 0.717) is 5.16 Å². The van der Waals surface area contributed by atoms with Crippen molar-refractivity contribution in [1.29, 1.82) is 0 Å². The third-order valence-corrected chi connectivity index (χ3v) is 5.06. The summed E-state index contributed by atoms with van der Waals surface area (Å²) < 4.78 is 23.3. The quantitative estimate of drug-likeness (QED) is 0.627. The molecule has 1 aromatic carbocycles. The second kappa shape index (κ2) is 8.74. The normalized spacial score (nSPS) is 11.8. The van der Waals surface area contributed by atoms with Gasteiger partial charge in [-0.25, -0.2) is 4.98 Å². The fourth-order valence-electron chi connectivity index (χ4n) is 2.61. The molecule has 0 aliphatic rings. The van der Waals surface area contributed by atoms with Crippen LogP contribution < -0.4 is 60.9 Å². The van der Waals surface area contributed by atoms with Crippen molar-refractivity contribution in [2.24, 2.45) is 0 Å². The number of pyridine rings is 1. The van der Waals surface area contributed by atoms with Crippen LogP contribution in [0.25, 0.3) is 11.0 Å². The van der Waals surface area contributed by atoms with Crippen LogP contribution >= 0.6 is 0 Å². The van der Waals surface area contributed by atoms with Gasteiger partial charge in [-0.15, -0.1) is 0 Å². The van der Waals surface area contributed by atoms with Gasteiger partial charge in [-0.3, -0.25) is 9.19 Å². The van der Waals surface area contributed by atoms with E-state index >= 15 is 0 Å². The van der Waals surface area contributed by atoms with Gasteiger partial charge >= 0.3 is 51.4 Å². The van der Waals surface area contributed by atoms with E-state index in [-0.39, 0.29) is 58.6 Å². The molecule has 0 aliphatic carbocycles. The van der Waals surface area contributed by atoms with Crippen LogP contribution in [-0.4, -0.2) is 33.4 Å². The summed E-state index contributed by atoms with van der Waals surface area (Å²) in [6.45, 7) is 3.86. The minimum Gasteiger partial charge on any atom is -1.00 e. The number of methoxy groups -OCH3 is 2. The molecule has 0 spiro atoms. The second-order valence-electron chi connectivity index (χ2n) is 5.46. The van der Waals surface area contributed by atoms with Crippen LogP contribution in [0.5, 0.6) is 11.5 Å². The van der Waals surface area contributed by atoms with Crippen LogP contribution in [0.4, 0.5) is 0 Å². The molecule has 0 bridgehead atoms. The van der Waals surface area contributed by atoms with E-state index in [1.54, 1.807) is 20.4 Å². The van der Waals surface area contributed by atoms with Gasteiger partial charge in [-0.2, -0.15) is 0 Å². The number of hydrogen-bond donors (Lipinski definition) is 1. The number of H-pyrrole nitrogens is 1. The summed E-state index contributed by atoms with van der Waals surface area (Å²) in [5.74, 6) is 1.79. The predicted octanol–water partition coefficient (Wildman–Crippen LogP) is 0.0162. The number of aromatic amines is 1. The van der Waals surface area contributed by atoms with Crippen LogP contribution in [0.15, 0.2) is 29.6 Å². The van der Waals surface area contributed by atoms with Crippen LogP contribution in [-0.2, 0) is 16.6 Å². The third-order valence-electron chi connectivity index (χ3n) is 3.90.